The summed E-state index contributed by atoms with van der Waals surface area (Å²) >= 11 is 0. The summed E-state index contributed by atoms with van der Waals surface area (Å²) in [5.74, 6) is -1.28. The monoisotopic (exact) mass is 643 g/mol. The van der Waals surface area contributed by atoms with Gasteiger partial charge in [0.25, 0.3) is 5.91 Å². The van der Waals surface area contributed by atoms with Gasteiger partial charge in [0.05, 0.1) is 0 Å². The van der Waals surface area contributed by atoms with Crippen molar-refractivity contribution in [2.75, 3.05) is 11.9 Å². The van der Waals surface area contributed by atoms with E-state index < -0.39 is 54.6 Å². The number of anilines is 1. The van der Waals surface area contributed by atoms with Crippen molar-refractivity contribution in [1.29, 1.82) is 0 Å². The van der Waals surface area contributed by atoms with Gasteiger partial charge in [-0.15, -0.1) is 0 Å². The molecule has 0 bridgehead atoms. The van der Waals surface area contributed by atoms with Crippen LogP contribution in [0.3, 0.4) is 0 Å². The Morgan fingerprint density at radius 1 is 1.04 bits per heavy atom. The fourth-order valence-electron chi connectivity index (χ4n) is 7.72. The number of nitrogens with zero attached hydrogens (tertiary/aromatic N) is 2. The molecule has 46 heavy (non-hydrogen) atoms. The first kappa shape index (κ1) is 32.0. The number of carbonyl (C=O) groups is 4. The molecule has 2 aromatic carbocycles. The van der Waals surface area contributed by atoms with Gasteiger partial charge in [0.1, 0.15) is 18.4 Å². The Balaban J connectivity index is 1.14. The first-order chi connectivity index (χ1) is 21.9. The molecular formula is C34H37F4N3O5. The quantitative estimate of drug-likeness (QED) is 0.333. The van der Waals surface area contributed by atoms with Crippen LogP contribution >= 0.6 is 0 Å². The van der Waals surface area contributed by atoms with E-state index in [1.807, 2.05) is 0 Å². The Morgan fingerprint density at radius 3 is 2.46 bits per heavy atom. The summed E-state index contributed by atoms with van der Waals surface area (Å²) in [5, 5.41) is 3.01. The maximum absolute atomic E-state index is 13.7. The van der Waals surface area contributed by atoms with Crippen molar-refractivity contribution < 1.29 is 41.5 Å². The van der Waals surface area contributed by atoms with Crippen molar-refractivity contribution in [2.45, 2.75) is 89.1 Å². The summed E-state index contributed by atoms with van der Waals surface area (Å²) in [7, 11) is 0. The van der Waals surface area contributed by atoms with Crippen molar-refractivity contribution in [3.8, 4) is 0 Å². The highest BCUT2D eigenvalue weighted by atomic mass is 19.4. The summed E-state index contributed by atoms with van der Waals surface area (Å²) in [6, 6.07) is 7.44. The number of ether oxygens (including phenoxy) is 1. The van der Waals surface area contributed by atoms with Crippen LogP contribution in [0.25, 0.3) is 0 Å². The van der Waals surface area contributed by atoms with E-state index in [0.717, 1.165) is 44.2 Å². The van der Waals surface area contributed by atoms with Gasteiger partial charge >= 0.3 is 12.3 Å². The molecule has 2 aromatic rings. The number of halogens is 4. The average Bonchev–Trinajstić information content (AvgIpc) is 3.82. The topological polar surface area (TPSA) is 96.0 Å². The van der Waals surface area contributed by atoms with Gasteiger partial charge in [0, 0.05) is 30.1 Å². The Bertz CT molecular complexity index is 1520. The van der Waals surface area contributed by atoms with Crippen LogP contribution in [-0.4, -0.2) is 52.4 Å². The molecule has 1 heterocycles. The molecular weight excluding hydrogens is 606 g/mol. The number of imide groups is 1. The molecule has 6 rings (SSSR count). The van der Waals surface area contributed by atoms with Crippen LogP contribution in [0.5, 0.6) is 0 Å². The highest BCUT2D eigenvalue weighted by molar-refractivity contribution is 6.06. The number of aryl methyl sites for hydroxylation is 1. The summed E-state index contributed by atoms with van der Waals surface area (Å²) in [5.41, 5.74) is 0.240. The number of fused-ring (bicyclic) bond motifs is 2. The molecule has 8 nitrogen and oxygen atoms in total. The van der Waals surface area contributed by atoms with Gasteiger partial charge in [-0.3, -0.25) is 14.4 Å². The fourth-order valence-corrected chi connectivity index (χ4v) is 7.72. The minimum absolute atomic E-state index is 0.0282. The maximum Gasteiger partial charge on any atom is 0.418 e. The van der Waals surface area contributed by atoms with Crippen molar-refractivity contribution in [1.82, 2.24) is 9.80 Å². The number of rotatable bonds is 8. The van der Waals surface area contributed by atoms with E-state index in [1.165, 1.54) is 37.8 Å². The van der Waals surface area contributed by atoms with Crippen LogP contribution in [0.15, 0.2) is 42.5 Å². The van der Waals surface area contributed by atoms with Crippen LogP contribution in [-0.2, 0) is 37.7 Å². The standard InChI is InChI=1S/C34H37F4N3O5/c1-20(34(36,37)38)40(18-21-6-10-26(35)11-7-21)29(42)19-41-31(44)33(46-32(41)45)15-14-24-17-27(12-13-28(24)33)39-30(43)25-9-8-23(16-25)22-4-2-3-5-22/h6-7,10-13,17,20,22-23,25H,2-5,8-9,14-16,18-19H2,1H3,(H,39,43)/t20-,23?,25?,33+/m0/s1. The van der Waals surface area contributed by atoms with Gasteiger partial charge in [-0.05, 0) is 79.8 Å². The van der Waals surface area contributed by atoms with Gasteiger partial charge in [0.15, 0.2) is 0 Å². The number of amides is 4. The SMILES string of the molecule is C[C@H](N(Cc1ccc(F)cc1)C(=O)CN1C(=O)O[C@@]2(CCc3cc(NC(=O)C4CCC(C5CCCC5)C4)ccc32)C1=O)C(F)(F)F. The van der Waals surface area contributed by atoms with E-state index in [9.17, 15) is 36.7 Å². The zero-order valence-electron chi connectivity index (χ0n) is 25.6. The predicted octanol–water partition coefficient (Wildman–Crippen LogP) is 6.47. The van der Waals surface area contributed by atoms with Crippen molar-refractivity contribution >= 4 is 29.5 Å². The number of hydrogen-bond acceptors (Lipinski definition) is 5. The fraction of sp³-hybridized carbons (Fsp3) is 0.529. The molecule has 0 radical (unpaired) electrons. The van der Waals surface area contributed by atoms with E-state index >= 15 is 0 Å². The molecule has 1 spiro atoms. The molecule has 246 valence electrons. The molecule has 3 aliphatic carbocycles. The third-order valence-electron chi connectivity index (χ3n) is 10.4. The largest absolute Gasteiger partial charge is 0.427 e. The molecule has 2 saturated carbocycles. The zero-order valence-corrected chi connectivity index (χ0v) is 25.6. The lowest BCUT2D eigenvalue weighted by Gasteiger charge is -2.31. The lowest BCUT2D eigenvalue weighted by atomic mass is 9.89. The van der Waals surface area contributed by atoms with Crippen molar-refractivity contribution in [3.05, 3.63) is 65.0 Å². The van der Waals surface area contributed by atoms with E-state index in [-0.39, 0.29) is 23.8 Å². The minimum atomic E-state index is -4.79. The summed E-state index contributed by atoms with van der Waals surface area (Å²) in [6.45, 7) is -0.660. The van der Waals surface area contributed by atoms with Crippen LogP contribution in [0, 0.1) is 23.6 Å². The molecule has 2 unspecified atom stereocenters. The smallest absolute Gasteiger partial charge is 0.418 e. The van der Waals surface area contributed by atoms with Gasteiger partial charge in [-0.25, -0.2) is 14.1 Å². The van der Waals surface area contributed by atoms with Crippen molar-refractivity contribution in [2.24, 2.45) is 17.8 Å². The van der Waals surface area contributed by atoms with Gasteiger partial charge in [0.2, 0.25) is 17.4 Å². The maximum atomic E-state index is 13.7. The Hall–Kier alpha value is -3.96. The van der Waals surface area contributed by atoms with E-state index in [4.69, 9.17) is 4.74 Å². The Labute approximate surface area is 264 Å². The number of benzene rings is 2. The lowest BCUT2D eigenvalue weighted by molar-refractivity contribution is -0.187. The Morgan fingerprint density at radius 2 is 1.76 bits per heavy atom. The number of nitrogens with one attached hydrogen (secondary N) is 1. The van der Waals surface area contributed by atoms with Crippen LogP contribution < -0.4 is 5.32 Å². The molecule has 1 aliphatic heterocycles. The van der Waals surface area contributed by atoms with Gasteiger partial charge < -0.3 is 15.0 Å². The minimum Gasteiger partial charge on any atom is -0.427 e. The van der Waals surface area contributed by atoms with Gasteiger partial charge in [-0.2, -0.15) is 13.2 Å². The second-order valence-electron chi connectivity index (χ2n) is 13.1. The van der Waals surface area contributed by atoms with E-state index in [1.54, 1.807) is 18.2 Å². The highest BCUT2D eigenvalue weighted by Gasteiger charge is 2.58. The van der Waals surface area contributed by atoms with Gasteiger partial charge in [-0.1, -0.05) is 43.9 Å². The number of carbonyl (C=O) groups excluding carboxylic acids is 4. The summed E-state index contributed by atoms with van der Waals surface area (Å²) in [6.07, 6.45) is 2.41. The van der Waals surface area contributed by atoms with Crippen molar-refractivity contribution in [3.63, 3.8) is 0 Å². The first-order valence-corrected chi connectivity index (χ1v) is 16.0. The molecule has 4 atom stereocenters. The second-order valence-corrected chi connectivity index (χ2v) is 13.1. The third-order valence-corrected chi connectivity index (χ3v) is 10.4. The van der Waals surface area contributed by atoms with Crippen LogP contribution in [0.4, 0.5) is 28.0 Å². The zero-order chi connectivity index (χ0) is 32.8. The molecule has 4 amide bonds. The molecule has 1 saturated heterocycles. The van der Waals surface area contributed by atoms with E-state index in [0.29, 0.717) is 39.0 Å². The molecule has 0 aromatic heterocycles. The number of hydrogen-bond donors (Lipinski definition) is 1. The predicted molar refractivity (Wildman–Crippen MR) is 159 cm³/mol. The highest BCUT2D eigenvalue weighted by Crippen LogP contribution is 2.47. The molecule has 3 fully saturated rings. The first-order valence-electron chi connectivity index (χ1n) is 16.0. The van der Waals surface area contributed by atoms with E-state index in [2.05, 4.69) is 5.32 Å². The normalized spacial score (nSPS) is 25.2. The average molecular weight is 644 g/mol. The summed E-state index contributed by atoms with van der Waals surface area (Å²) in [4.78, 5) is 54.0. The lowest BCUT2D eigenvalue weighted by Crippen LogP contribution is -2.51. The van der Waals surface area contributed by atoms with Crippen LogP contribution in [0.1, 0.15) is 75.0 Å². The molecule has 4 aliphatic rings. The second kappa shape index (κ2) is 12.3. The van der Waals surface area contributed by atoms with Crippen LogP contribution in [0.2, 0.25) is 0 Å². The molecule has 12 heteroatoms. The Kier molecular flexibility index (Phi) is 8.58. The summed E-state index contributed by atoms with van der Waals surface area (Å²) < 4.78 is 60.1. The number of alkyl halides is 3. The molecule has 1 N–H and O–H groups in total. The third kappa shape index (κ3) is 6.10.